The zero-order valence-electron chi connectivity index (χ0n) is 9.08. The van der Waals surface area contributed by atoms with Gasteiger partial charge in [-0.1, -0.05) is 11.6 Å². The molecular weight excluding hydrogens is 256 g/mol. The molecular formula is C11H9ClN4O2. The second-order valence-electron chi connectivity index (χ2n) is 3.37. The fraction of sp³-hybridized carbons (Fsp3) is 0. The summed E-state index contributed by atoms with van der Waals surface area (Å²) < 4.78 is 0. The van der Waals surface area contributed by atoms with Gasteiger partial charge in [-0.3, -0.25) is 0 Å². The fourth-order valence-corrected chi connectivity index (χ4v) is 1.65. The van der Waals surface area contributed by atoms with E-state index in [0.717, 1.165) is 0 Å². The van der Waals surface area contributed by atoms with Crippen LogP contribution in [0.2, 0.25) is 5.15 Å². The lowest BCUT2D eigenvalue weighted by atomic mass is 10.1. The monoisotopic (exact) mass is 264 g/mol. The van der Waals surface area contributed by atoms with Crippen molar-refractivity contribution in [3.05, 3.63) is 47.0 Å². The van der Waals surface area contributed by atoms with E-state index in [9.17, 15) is 10.2 Å². The maximum atomic E-state index is 9.76. The number of halogens is 1. The molecule has 18 heavy (non-hydrogen) atoms. The number of hydrazone groups is 1. The van der Waals surface area contributed by atoms with Crippen LogP contribution in [0.25, 0.3) is 0 Å². The van der Waals surface area contributed by atoms with E-state index < -0.39 is 0 Å². The summed E-state index contributed by atoms with van der Waals surface area (Å²) in [5.41, 5.74) is 0.742. The van der Waals surface area contributed by atoms with E-state index in [-0.39, 0.29) is 28.1 Å². The summed E-state index contributed by atoms with van der Waals surface area (Å²) in [5, 5.41) is 22.7. The highest BCUT2D eigenvalue weighted by molar-refractivity contribution is 6.34. The van der Waals surface area contributed by atoms with E-state index in [2.05, 4.69) is 15.1 Å². The third-order valence-corrected chi connectivity index (χ3v) is 2.52. The summed E-state index contributed by atoms with van der Waals surface area (Å²) in [5.74, 6) is 5.05. The van der Waals surface area contributed by atoms with Gasteiger partial charge in [-0.05, 0) is 12.1 Å². The van der Waals surface area contributed by atoms with Gasteiger partial charge < -0.3 is 16.1 Å². The van der Waals surface area contributed by atoms with Gasteiger partial charge in [0.2, 0.25) is 0 Å². The molecule has 0 aliphatic heterocycles. The van der Waals surface area contributed by atoms with Gasteiger partial charge in [0.05, 0.1) is 0 Å². The van der Waals surface area contributed by atoms with Gasteiger partial charge in [0, 0.05) is 24.0 Å². The highest BCUT2D eigenvalue weighted by Crippen LogP contribution is 2.26. The summed E-state index contributed by atoms with van der Waals surface area (Å²) in [6.07, 6.45) is 2.86. The molecule has 6 nitrogen and oxygen atoms in total. The Morgan fingerprint density at radius 2 is 1.94 bits per heavy atom. The number of phenolic OH excluding ortho intramolecular Hbond substituents is 2. The number of phenols is 2. The van der Waals surface area contributed by atoms with Crippen LogP contribution in [0.15, 0.2) is 35.7 Å². The smallest absolute Gasteiger partial charge is 0.156 e. The SMILES string of the molecule is N/N=C(\c1ccc(O)cc1O)c1nccnc1Cl. The second kappa shape index (κ2) is 4.89. The Kier molecular flexibility index (Phi) is 3.29. The fourth-order valence-electron chi connectivity index (χ4n) is 1.46. The van der Waals surface area contributed by atoms with Crippen molar-refractivity contribution in [2.45, 2.75) is 0 Å². The molecule has 0 saturated heterocycles. The standard InChI is InChI=1S/C11H9ClN4O2/c12-11-10(14-3-4-15-11)9(16-13)7-2-1-6(17)5-8(7)18/h1-5,17-18H,13H2/b16-9+. The molecule has 0 amide bonds. The molecule has 0 unspecified atom stereocenters. The first kappa shape index (κ1) is 12.1. The van der Waals surface area contributed by atoms with E-state index in [1.165, 1.54) is 30.6 Å². The van der Waals surface area contributed by atoms with Crippen LogP contribution in [0.1, 0.15) is 11.3 Å². The maximum absolute atomic E-state index is 9.76. The summed E-state index contributed by atoms with van der Waals surface area (Å²) in [4.78, 5) is 7.87. The molecule has 0 radical (unpaired) electrons. The lowest BCUT2D eigenvalue weighted by molar-refractivity contribution is 0.450. The average Bonchev–Trinajstić information content (AvgIpc) is 2.34. The predicted octanol–water partition coefficient (Wildman–Crippen LogP) is 1.25. The summed E-state index contributed by atoms with van der Waals surface area (Å²) in [7, 11) is 0. The van der Waals surface area contributed by atoms with Crippen LogP contribution < -0.4 is 5.84 Å². The van der Waals surface area contributed by atoms with E-state index in [1.54, 1.807) is 0 Å². The molecule has 0 spiro atoms. The van der Waals surface area contributed by atoms with Gasteiger partial charge in [0.25, 0.3) is 0 Å². The minimum Gasteiger partial charge on any atom is -0.508 e. The number of nitrogens with zero attached hydrogens (tertiary/aromatic N) is 3. The van der Waals surface area contributed by atoms with Crippen molar-refractivity contribution in [2.24, 2.45) is 10.9 Å². The molecule has 0 bridgehead atoms. The molecule has 0 fully saturated rings. The second-order valence-corrected chi connectivity index (χ2v) is 3.73. The van der Waals surface area contributed by atoms with Crippen molar-refractivity contribution in [2.75, 3.05) is 0 Å². The molecule has 0 saturated carbocycles. The summed E-state index contributed by atoms with van der Waals surface area (Å²) >= 11 is 5.89. The topological polar surface area (TPSA) is 105 Å². The molecule has 2 aromatic rings. The van der Waals surface area contributed by atoms with Crippen molar-refractivity contribution in [3.63, 3.8) is 0 Å². The van der Waals surface area contributed by atoms with Gasteiger partial charge in [-0.15, -0.1) is 0 Å². The lowest BCUT2D eigenvalue weighted by Crippen LogP contribution is -2.10. The Labute approximate surface area is 107 Å². The highest BCUT2D eigenvalue weighted by Gasteiger charge is 2.16. The number of hydrogen-bond acceptors (Lipinski definition) is 6. The van der Waals surface area contributed by atoms with E-state index in [1.807, 2.05) is 0 Å². The zero-order chi connectivity index (χ0) is 13.1. The number of aromatic nitrogens is 2. The summed E-state index contributed by atoms with van der Waals surface area (Å²) in [6, 6.07) is 4.02. The molecule has 1 aromatic heterocycles. The lowest BCUT2D eigenvalue weighted by Gasteiger charge is -2.08. The predicted molar refractivity (Wildman–Crippen MR) is 66.6 cm³/mol. The van der Waals surface area contributed by atoms with Crippen LogP contribution in [0.4, 0.5) is 0 Å². The Hall–Kier alpha value is -2.34. The molecule has 0 aliphatic carbocycles. The Bertz CT molecular complexity index is 616. The zero-order valence-corrected chi connectivity index (χ0v) is 9.83. The first-order chi connectivity index (χ1) is 8.63. The third-order valence-electron chi connectivity index (χ3n) is 2.24. The van der Waals surface area contributed by atoms with Gasteiger partial charge in [-0.25, -0.2) is 9.97 Å². The number of nitrogens with two attached hydrogens (primary N) is 1. The molecule has 4 N–H and O–H groups in total. The number of rotatable bonds is 2. The number of aromatic hydroxyl groups is 2. The highest BCUT2D eigenvalue weighted by atomic mass is 35.5. The Morgan fingerprint density at radius 3 is 2.56 bits per heavy atom. The molecule has 2 rings (SSSR count). The van der Waals surface area contributed by atoms with Crippen molar-refractivity contribution >= 4 is 17.3 Å². The van der Waals surface area contributed by atoms with Crippen molar-refractivity contribution < 1.29 is 10.2 Å². The van der Waals surface area contributed by atoms with E-state index in [4.69, 9.17) is 17.4 Å². The quantitative estimate of drug-likeness (QED) is 0.430. The molecule has 0 aliphatic rings. The molecule has 7 heteroatoms. The Morgan fingerprint density at radius 1 is 1.22 bits per heavy atom. The third kappa shape index (κ3) is 2.18. The average molecular weight is 265 g/mol. The van der Waals surface area contributed by atoms with E-state index >= 15 is 0 Å². The van der Waals surface area contributed by atoms with E-state index in [0.29, 0.717) is 5.56 Å². The van der Waals surface area contributed by atoms with Crippen LogP contribution in [0, 0.1) is 0 Å². The normalized spacial score (nSPS) is 11.5. The molecule has 92 valence electrons. The minimum absolute atomic E-state index is 0.0714. The minimum atomic E-state index is -0.180. The molecule has 1 heterocycles. The van der Waals surface area contributed by atoms with Gasteiger partial charge >= 0.3 is 0 Å². The van der Waals surface area contributed by atoms with Crippen molar-refractivity contribution in [1.29, 1.82) is 0 Å². The number of hydrogen-bond donors (Lipinski definition) is 3. The van der Waals surface area contributed by atoms with Crippen LogP contribution in [-0.2, 0) is 0 Å². The van der Waals surface area contributed by atoms with Crippen molar-refractivity contribution in [1.82, 2.24) is 9.97 Å². The first-order valence-electron chi connectivity index (χ1n) is 4.90. The van der Waals surface area contributed by atoms with Crippen molar-refractivity contribution in [3.8, 4) is 11.5 Å². The molecule has 0 atom stereocenters. The van der Waals surface area contributed by atoms with Crippen LogP contribution >= 0.6 is 11.6 Å². The number of benzene rings is 1. The van der Waals surface area contributed by atoms with Gasteiger partial charge in [0.15, 0.2) is 5.15 Å². The first-order valence-corrected chi connectivity index (χ1v) is 5.28. The van der Waals surface area contributed by atoms with Gasteiger partial charge in [-0.2, -0.15) is 5.10 Å². The van der Waals surface area contributed by atoms with Crippen LogP contribution in [0.3, 0.4) is 0 Å². The largest absolute Gasteiger partial charge is 0.508 e. The van der Waals surface area contributed by atoms with Crippen LogP contribution in [0.5, 0.6) is 11.5 Å². The Balaban J connectivity index is 2.57. The van der Waals surface area contributed by atoms with Gasteiger partial charge in [0.1, 0.15) is 22.9 Å². The molecule has 1 aromatic carbocycles. The van der Waals surface area contributed by atoms with Crippen LogP contribution in [-0.4, -0.2) is 25.9 Å². The maximum Gasteiger partial charge on any atom is 0.156 e. The summed E-state index contributed by atoms with van der Waals surface area (Å²) in [6.45, 7) is 0.